The number of aliphatic imine (C=N–C) groups is 1. The summed E-state index contributed by atoms with van der Waals surface area (Å²) in [4.78, 5) is 7.17. The van der Waals surface area contributed by atoms with Gasteiger partial charge in [0.15, 0.2) is 5.96 Å². The molecule has 1 fully saturated rings. The number of aryl methyl sites for hydroxylation is 1. The zero-order valence-corrected chi connectivity index (χ0v) is 16.5. The van der Waals surface area contributed by atoms with Gasteiger partial charge < -0.3 is 20.1 Å². The standard InChI is InChI=1S/C20H34N4O2/c1-4-21-20(22-9-12-26-19-7-5-17(2)6-8-19)23-15-18(3)16-24-10-13-25-14-11-24/h5-8,18H,4,9-16H2,1-3H3,(H2,21,22,23). The SMILES string of the molecule is CCNC(=NCC(C)CN1CCOCC1)NCCOc1ccc(C)cc1. The number of nitrogens with one attached hydrogen (secondary N) is 2. The maximum Gasteiger partial charge on any atom is 0.191 e. The Morgan fingerprint density at radius 2 is 1.96 bits per heavy atom. The van der Waals surface area contributed by atoms with Crippen LogP contribution in [-0.4, -0.2) is 69.9 Å². The van der Waals surface area contributed by atoms with Crippen molar-refractivity contribution in [2.45, 2.75) is 20.8 Å². The third-order valence-corrected chi connectivity index (χ3v) is 4.26. The minimum absolute atomic E-state index is 0.521. The van der Waals surface area contributed by atoms with Gasteiger partial charge in [0.1, 0.15) is 12.4 Å². The highest BCUT2D eigenvalue weighted by molar-refractivity contribution is 5.79. The minimum atomic E-state index is 0.521. The highest BCUT2D eigenvalue weighted by Crippen LogP contribution is 2.10. The summed E-state index contributed by atoms with van der Waals surface area (Å²) in [6, 6.07) is 8.12. The lowest BCUT2D eigenvalue weighted by Gasteiger charge is -2.28. The molecule has 26 heavy (non-hydrogen) atoms. The van der Waals surface area contributed by atoms with Crippen molar-refractivity contribution in [3.05, 3.63) is 29.8 Å². The van der Waals surface area contributed by atoms with Crippen molar-refractivity contribution in [1.29, 1.82) is 0 Å². The fourth-order valence-corrected chi connectivity index (χ4v) is 2.84. The summed E-state index contributed by atoms with van der Waals surface area (Å²) in [5.41, 5.74) is 1.24. The number of hydrogen-bond donors (Lipinski definition) is 2. The molecule has 6 nitrogen and oxygen atoms in total. The van der Waals surface area contributed by atoms with Gasteiger partial charge >= 0.3 is 0 Å². The van der Waals surface area contributed by atoms with Crippen LogP contribution >= 0.6 is 0 Å². The van der Waals surface area contributed by atoms with Crippen LogP contribution in [0.5, 0.6) is 5.75 Å². The van der Waals surface area contributed by atoms with Crippen molar-refractivity contribution >= 4 is 5.96 Å². The Balaban J connectivity index is 1.68. The van der Waals surface area contributed by atoms with Crippen LogP contribution in [-0.2, 0) is 4.74 Å². The average Bonchev–Trinajstić information content (AvgIpc) is 2.65. The molecule has 1 aromatic carbocycles. The molecule has 0 amide bonds. The molecule has 1 aromatic rings. The van der Waals surface area contributed by atoms with Gasteiger partial charge in [-0.25, -0.2) is 0 Å². The first-order valence-electron chi connectivity index (χ1n) is 9.69. The van der Waals surface area contributed by atoms with E-state index in [4.69, 9.17) is 14.5 Å². The first kappa shape index (κ1) is 20.5. The van der Waals surface area contributed by atoms with E-state index in [2.05, 4.69) is 48.4 Å². The molecule has 146 valence electrons. The number of ether oxygens (including phenoxy) is 2. The quantitative estimate of drug-likeness (QED) is 0.399. The van der Waals surface area contributed by atoms with Crippen molar-refractivity contribution in [2.24, 2.45) is 10.9 Å². The smallest absolute Gasteiger partial charge is 0.191 e. The highest BCUT2D eigenvalue weighted by Gasteiger charge is 2.13. The number of morpholine rings is 1. The lowest BCUT2D eigenvalue weighted by atomic mass is 10.1. The summed E-state index contributed by atoms with van der Waals surface area (Å²) in [5.74, 6) is 2.28. The fraction of sp³-hybridized carbons (Fsp3) is 0.650. The first-order valence-corrected chi connectivity index (χ1v) is 9.69. The second-order valence-corrected chi connectivity index (χ2v) is 6.83. The molecule has 1 aliphatic rings. The van der Waals surface area contributed by atoms with Crippen molar-refractivity contribution < 1.29 is 9.47 Å². The number of hydrogen-bond acceptors (Lipinski definition) is 4. The van der Waals surface area contributed by atoms with E-state index < -0.39 is 0 Å². The van der Waals surface area contributed by atoms with Gasteiger partial charge in [0.05, 0.1) is 19.8 Å². The molecule has 0 saturated carbocycles. The van der Waals surface area contributed by atoms with E-state index in [-0.39, 0.29) is 0 Å². The molecule has 6 heteroatoms. The largest absolute Gasteiger partial charge is 0.492 e. The van der Waals surface area contributed by atoms with E-state index in [0.29, 0.717) is 12.5 Å². The topological polar surface area (TPSA) is 58.1 Å². The van der Waals surface area contributed by atoms with Gasteiger partial charge in [-0.3, -0.25) is 9.89 Å². The molecular formula is C20H34N4O2. The maximum absolute atomic E-state index is 5.75. The predicted molar refractivity (Wildman–Crippen MR) is 107 cm³/mol. The summed E-state index contributed by atoms with van der Waals surface area (Å²) in [5, 5.41) is 6.64. The fourth-order valence-electron chi connectivity index (χ4n) is 2.84. The molecule has 1 unspecified atom stereocenters. The maximum atomic E-state index is 5.75. The van der Waals surface area contributed by atoms with Gasteiger partial charge in [-0.1, -0.05) is 24.6 Å². The molecule has 0 aliphatic carbocycles. The van der Waals surface area contributed by atoms with E-state index in [1.54, 1.807) is 0 Å². The van der Waals surface area contributed by atoms with E-state index in [9.17, 15) is 0 Å². The van der Waals surface area contributed by atoms with Crippen molar-refractivity contribution in [1.82, 2.24) is 15.5 Å². The minimum Gasteiger partial charge on any atom is -0.492 e. The third kappa shape index (κ3) is 8.06. The Morgan fingerprint density at radius 3 is 2.65 bits per heavy atom. The first-order chi connectivity index (χ1) is 12.7. The Labute approximate surface area is 158 Å². The summed E-state index contributed by atoms with van der Waals surface area (Å²) >= 11 is 0. The molecule has 0 bridgehead atoms. The lowest BCUT2D eigenvalue weighted by Crippen LogP contribution is -2.41. The number of rotatable bonds is 9. The normalized spacial score (nSPS) is 17.0. The molecular weight excluding hydrogens is 328 g/mol. The van der Waals surface area contributed by atoms with Crippen LogP contribution in [0.2, 0.25) is 0 Å². The van der Waals surface area contributed by atoms with E-state index in [1.807, 2.05) is 12.1 Å². The lowest BCUT2D eigenvalue weighted by molar-refractivity contribution is 0.0323. The summed E-state index contributed by atoms with van der Waals surface area (Å²) in [6.45, 7) is 14.2. The third-order valence-electron chi connectivity index (χ3n) is 4.26. The molecule has 1 saturated heterocycles. The highest BCUT2D eigenvalue weighted by atomic mass is 16.5. The van der Waals surface area contributed by atoms with E-state index in [0.717, 1.165) is 64.2 Å². The van der Waals surface area contributed by atoms with Gasteiger partial charge in [0, 0.05) is 32.7 Å². The van der Waals surface area contributed by atoms with Crippen LogP contribution < -0.4 is 15.4 Å². The van der Waals surface area contributed by atoms with E-state index >= 15 is 0 Å². The molecule has 2 rings (SSSR count). The Hall–Kier alpha value is -1.79. The number of benzene rings is 1. The zero-order chi connectivity index (χ0) is 18.6. The van der Waals surface area contributed by atoms with Crippen LogP contribution in [0.25, 0.3) is 0 Å². The Morgan fingerprint density at radius 1 is 1.23 bits per heavy atom. The number of guanidine groups is 1. The summed E-state index contributed by atoms with van der Waals surface area (Å²) in [6.07, 6.45) is 0. The van der Waals surface area contributed by atoms with Crippen molar-refractivity contribution in [3.8, 4) is 5.75 Å². The van der Waals surface area contributed by atoms with Crippen molar-refractivity contribution in [2.75, 3.05) is 59.1 Å². The molecule has 0 spiro atoms. The second kappa shape index (κ2) is 11.8. The molecule has 1 atom stereocenters. The van der Waals surface area contributed by atoms with Gasteiger partial charge in [-0.15, -0.1) is 0 Å². The van der Waals surface area contributed by atoms with Gasteiger partial charge in [-0.05, 0) is 31.9 Å². The molecule has 0 aromatic heterocycles. The van der Waals surface area contributed by atoms with Crippen LogP contribution in [0, 0.1) is 12.8 Å². The molecule has 1 aliphatic heterocycles. The summed E-state index contributed by atoms with van der Waals surface area (Å²) < 4.78 is 11.2. The van der Waals surface area contributed by atoms with Gasteiger partial charge in [-0.2, -0.15) is 0 Å². The summed E-state index contributed by atoms with van der Waals surface area (Å²) in [7, 11) is 0. The predicted octanol–water partition coefficient (Wildman–Crippen LogP) is 1.90. The molecule has 1 heterocycles. The Bertz CT molecular complexity index is 527. The van der Waals surface area contributed by atoms with Crippen LogP contribution in [0.4, 0.5) is 0 Å². The molecule has 0 radical (unpaired) electrons. The average molecular weight is 363 g/mol. The second-order valence-electron chi connectivity index (χ2n) is 6.83. The van der Waals surface area contributed by atoms with Crippen LogP contribution in [0.1, 0.15) is 19.4 Å². The zero-order valence-electron chi connectivity index (χ0n) is 16.5. The van der Waals surface area contributed by atoms with Crippen molar-refractivity contribution in [3.63, 3.8) is 0 Å². The van der Waals surface area contributed by atoms with E-state index in [1.165, 1.54) is 5.56 Å². The monoisotopic (exact) mass is 362 g/mol. The van der Waals surface area contributed by atoms with Gasteiger partial charge in [0.25, 0.3) is 0 Å². The van der Waals surface area contributed by atoms with Crippen LogP contribution in [0.15, 0.2) is 29.3 Å². The van der Waals surface area contributed by atoms with Gasteiger partial charge in [0.2, 0.25) is 0 Å². The van der Waals surface area contributed by atoms with Crippen LogP contribution in [0.3, 0.4) is 0 Å². The Kier molecular flexibility index (Phi) is 9.28. The number of nitrogens with zero attached hydrogens (tertiary/aromatic N) is 2. The molecule has 2 N–H and O–H groups in total.